The Balaban J connectivity index is 1.92. The molecule has 0 aromatic carbocycles. The van der Waals surface area contributed by atoms with Crippen LogP contribution in [-0.4, -0.2) is 35.1 Å². The van der Waals surface area contributed by atoms with E-state index >= 15 is 0 Å². The summed E-state index contributed by atoms with van der Waals surface area (Å²) in [7, 11) is 0. The second-order valence-electron chi connectivity index (χ2n) is 5.33. The largest absolute Gasteiger partial charge is 0.387 e. The third-order valence-electron chi connectivity index (χ3n) is 3.77. The first kappa shape index (κ1) is 14.8. The lowest BCUT2D eigenvalue weighted by Crippen LogP contribution is -2.44. The normalized spacial score (nSPS) is 17.9. The van der Waals surface area contributed by atoms with Crippen molar-refractivity contribution in [3.8, 4) is 0 Å². The summed E-state index contributed by atoms with van der Waals surface area (Å²) in [6.07, 6.45) is 3.94. The highest BCUT2D eigenvalue weighted by atomic mass is 16.3. The summed E-state index contributed by atoms with van der Waals surface area (Å²) in [5.41, 5.74) is 1.81. The number of aliphatic hydroxyl groups is 1. The molecule has 2 heterocycles. The smallest absolute Gasteiger partial charge is 0.217 e. The van der Waals surface area contributed by atoms with Gasteiger partial charge in [-0.15, -0.1) is 0 Å². The van der Waals surface area contributed by atoms with Gasteiger partial charge in [0.1, 0.15) is 0 Å². The number of rotatable bonds is 4. The summed E-state index contributed by atoms with van der Waals surface area (Å²) >= 11 is 0. The predicted molar refractivity (Wildman–Crippen MR) is 78.5 cm³/mol. The Hall–Kier alpha value is -1.62. The number of aromatic nitrogens is 1. The lowest BCUT2D eigenvalue weighted by Gasteiger charge is -2.33. The zero-order valence-corrected chi connectivity index (χ0v) is 12.2. The predicted octanol–water partition coefficient (Wildman–Crippen LogP) is 1.63. The van der Waals surface area contributed by atoms with E-state index in [0.717, 1.165) is 37.3 Å². The number of piperidine rings is 1. The van der Waals surface area contributed by atoms with Gasteiger partial charge >= 0.3 is 0 Å². The van der Waals surface area contributed by atoms with E-state index in [1.165, 1.54) is 0 Å². The fourth-order valence-corrected chi connectivity index (χ4v) is 2.56. The van der Waals surface area contributed by atoms with Gasteiger partial charge in [-0.3, -0.25) is 9.78 Å². The van der Waals surface area contributed by atoms with Gasteiger partial charge < -0.3 is 15.3 Å². The number of aliphatic hydroxyl groups excluding tert-OH is 1. The van der Waals surface area contributed by atoms with Crippen LogP contribution >= 0.6 is 0 Å². The third-order valence-corrected chi connectivity index (χ3v) is 3.77. The number of hydrogen-bond acceptors (Lipinski definition) is 4. The second-order valence-corrected chi connectivity index (χ2v) is 5.33. The molecule has 0 saturated carbocycles. The van der Waals surface area contributed by atoms with Gasteiger partial charge in [0.05, 0.1) is 23.7 Å². The summed E-state index contributed by atoms with van der Waals surface area (Å²) in [5, 5.41) is 12.7. The molecule has 1 aromatic rings. The van der Waals surface area contributed by atoms with Crippen LogP contribution in [0.1, 0.15) is 44.9 Å². The molecule has 1 aliphatic heterocycles. The average Bonchev–Trinajstić information content (AvgIpc) is 2.47. The van der Waals surface area contributed by atoms with E-state index in [2.05, 4.69) is 15.2 Å². The molecule has 0 spiro atoms. The van der Waals surface area contributed by atoms with Crippen molar-refractivity contribution in [3.63, 3.8) is 0 Å². The molecular formula is C15H23N3O2. The average molecular weight is 277 g/mol. The van der Waals surface area contributed by atoms with Gasteiger partial charge in [-0.05, 0) is 31.4 Å². The van der Waals surface area contributed by atoms with E-state index in [9.17, 15) is 9.90 Å². The standard InChI is InChI=1S/C15H23N3O2/c1-3-15(20)14-5-4-13(10-16-14)18-8-6-12(7-9-18)17-11(2)19/h4-5,10,12,15,20H,3,6-9H2,1-2H3,(H,17,19)/t15-/m1/s1. The molecule has 2 N–H and O–H groups in total. The van der Waals surface area contributed by atoms with Gasteiger partial charge in [0.2, 0.25) is 5.91 Å². The zero-order valence-electron chi connectivity index (χ0n) is 12.2. The Morgan fingerprint density at radius 3 is 2.70 bits per heavy atom. The summed E-state index contributed by atoms with van der Waals surface area (Å²) in [5.74, 6) is 0.0445. The van der Waals surface area contributed by atoms with Crippen molar-refractivity contribution in [1.82, 2.24) is 10.3 Å². The van der Waals surface area contributed by atoms with Crippen LogP contribution in [-0.2, 0) is 4.79 Å². The summed E-state index contributed by atoms with van der Waals surface area (Å²) in [6.45, 7) is 5.34. The minimum Gasteiger partial charge on any atom is -0.387 e. The van der Waals surface area contributed by atoms with Gasteiger partial charge in [-0.2, -0.15) is 0 Å². The maximum atomic E-state index is 11.0. The van der Waals surface area contributed by atoms with Crippen LogP contribution in [0.3, 0.4) is 0 Å². The van der Waals surface area contributed by atoms with Crippen molar-refractivity contribution in [2.75, 3.05) is 18.0 Å². The SMILES string of the molecule is CC[C@@H](O)c1ccc(N2CCC(NC(C)=O)CC2)cn1. The monoisotopic (exact) mass is 277 g/mol. The molecule has 1 aromatic heterocycles. The first-order valence-corrected chi connectivity index (χ1v) is 7.26. The van der Waals surface area contributed by atoms with E-state index < -0.39 is 6.10 Å². The first-order valence-electron chi connectivity index (χ1n) is 7.26. The van der Waals surface area contributed by atoms with E-state index in [1.54, 1.807) is 6.92 Å². The topological polar surface area (TPSA) is 65.5 Å². The molecule has 20 heavy (non-hydrogen) atoms. The minimum absolute atomic E-state index is 0.0445. The van der Waals surface area contributed by atoms with Gasteiger partial charge in [-0.1, -0.05) is 6.92 Å². The van der Waals surface area contributed by atoms with Crippen LogP contribution in [0.25, 0.3) is 0 Å². The van der Waals surface area contributed by atoms with Crippen LogP contribution < -0.4 is 10.2 Å². The second kappa shape index (κ2) is 6.70. The molecular weight excluding hydrogens is 254 g/mol. The summed E-state index contributed by atoms with van der Waals surface area (Å²) in [4.78, 5) is 17.6. The molecule has 1 atom stereocenters. The lowest BCUT2D eigenvalue weighted by atomic mass is 10.0. The van der Waals surface area contributed by atoms with Crippen LogP contribution in [0.5, 0.6) is 0 Å². The Labute approximate surface area is 120 Å². The molecule has 1 amide bonds. The molecule has 1 aliphatic rings. The summed E-state index contributed by atoms with van der Waals surface area (Å²) in [6, 6.07) is 4.20. The summed E-state index contributed by atoms with van der Waals surface area (Å²) < 4.78 is 0. The van der Waals surface area contributed by atoms with Crippen LogP contribution in [0.15, 0.2) is 18.3 Å². The van der Waals surface area contributed by atoms with Crippen LogP contribution in [0.4, 0.5) is 5.69 Å². The third kappa shape index (κ3) is 3.70. The van der Waals surface area contributed by atoms with Crippen molar-refractivity contribution in [3.05, 3.63) is 24.0 Å². The molecule has 1 saturated heterocycles. The number of carbonyl (C=O) groups excluding carboxylic acids is 1. The zero-order chi connectivity index (χ0) is 14.5. The number of anilines is 1. The Morgan fingerprint density at radius 2 is 2.20 bits per heavy atom. The quantitative estimate of drug-likeness (QED) is 0.878. The van der Waals surface area contributed by atoms with Gasteiger partial charge in [0.25, 0.3) is 0 Å². The number of hydrogen-bond donors (Lipinski definition) is 2. The Kier molecular flexibility index (Phi) is 4.95. The maximum absolute atomic E-state index is 11.0. The van der Waals surface area contributed by atoms with Gasteiger partial charge in [0.15, 0.2) is 0 Å². The molecule has 0 radical (unpaired) electrons. The van der Waals surface area contributed by atoms with Crippen LogP contribution in [0, 0.1) is 0 Å². The first-order chi connectivity index (χ1) is 9.60. The highest BCUT2D eigenvalue weighted by molar-refractivity contribution is 5.73. The van der Waals surface area contributed by atoms with Crippen molar-refractivity contribution in [2.45, 2.75) is 45.3 Å². The van der Waals surface area contributed by atoms with Crippen molar-refractivity contribution in [2.24, 2.45) is 0 Å². The molecule has 110 valence electrons. The molecule has 5 heteroatoms. The van der Waals surface area contributed by atoms with Crippen molar-refractivity contribution in [1.29, 1.82) is 0 Å². The van der Waals surface area contributed by atoms with Crippen molar-refractivity contribution >= 4 is 11.6 Å². The van der Waals surface area contributed by atoms with E-state index in [4.69, 9.17) is 0 Å². The number of amides is 1. The fraction of sp³-hybridized carbons (Fsp3) is 0.600. The molecule has 0 bridgehead atoms. The Bertz CT molecular complexity index is 439. The maximum Gasteiger partial charge on any atom is 0.217 e. The number of nitrogens with zero attached hydrogens (tertiary/aromatic N) is 2. The molecule has 2 rings (SSSR count). The molecule has 0 unspecified atom stereocenters. The van der Waals surface area contributed by atoms with Gasteiger partial charge in [0, 0.05) is 26.1 Å². The molecule has 5 nitrogen and oxygen atoms in total. The number of pyridine rings is 1. The van der Waals surface area contributed by atoms with Crippen molar-refractivity contribution < 1.29 is 9.90 Å². The highest BCUT2D eigenvalue weighted by Crippen LogP contribution is 2.21. The highest BCUT2D eigenvalue weighted by Gasteiger charge is 2.20. The van der Waals surface area contributed by atoms with Crippen LogP contribution in [0.2, 0.25) is 0 Å². The molecule has 0 aliphatic carbocycles. The fourth-order valence-electron chi connectivity index (χ4n) is 2.56. The Morgan fingerprint density at radius 1 is 1.50 bits per heavy atom. The van der Waals surface area contributed by atoms with E-state index in [0.29, 0.717) is 6.42 Å². The lowest BCUT2D eigenvalue weighted by molar-refractivity contribution is -0.119. The number of carbonyl (C=O) groups is 1. The van der Waals surface area contributed by atoms with E-state index in [-0.39, 0.29) is 11.9 Å². The minimum atomic E-state index is -0.477. The van der Waals surface area contributed by atoms with Gasteiger partial charge in [-0.25, -0.2) is 0 Å². The number of nitrogens with one attached hydrogen (secondary N) is 1. The van der Waals surface area contributed by atoms with E-state index in [1.807, 2.05) is 25.3 Å². The molecule has 1 fully saturated rings.